The minimum atomic E-state index is -0.812. The number of benzene rings is 1. The van der Waals surface area contributed by atoms with Gasteiger partial charge in [0.05, 0.1) is 11.4 Å². The van der Waals surface area contributed by atoms with Crippen LogP contribution in [0.25, 0.3) is 5.69 Å². The molecule has 6 nitrogen and oxygen atoms in total. The summed E-state index contributed by atoms with van der Waals surface area (Å²) in [6, 6.07) is 7.35. The second-order valence-electron chi connectivity index (χ2n) is 7.82. The van der Waals surface area contributed by atoms with Crippen molar-refractivity contribution in [1.29, 1.82) is 0 Å². The fraction of sp³-hybridized carbons (Fsp3) is 0.476. The van der Waals surface area contributed by atoms with Crippen molar-refractivity contribution in [2.24, 2.45) is 5.41 Å². The van der Waals surface area contributed by atoms with Crippen molar-refractivity contribution in [3.63, 3.8) is 0 Å². The average molecular weight is 369 g/mol. The maximum absolute atomic E-state index is 12.3. The Hall–Kier alpha value is -2.63. The Morgan fingerprint density at radius 1 is 1.22 bits per heavy atom. The van der Waals surface area contributed by atoms with E-state index in [2.05, 4.69) is 17.3 Å². The zero-order valence-corrected chi connectivity index (χ0v) is 16.2. The number of hydrogen-bond acceptors (Lipinski definition) is 3. The molecule has 1 saturated carbocycles. The molecule has 0 spiro atoms. The van der Waals surface area contributed by atoms with Gasteiger partial charge in [0.15, 0.2) is 0 Å². The normalized spacial score (nSPS) is 14.8. The van der Waals surface area contributed by atoms with Crippen LogP contribution in [0.15, 0.2) is 24.3 Å². The predicted molar refractivity (Wildman–Crippen MR) is 103 cm³/mol. The van der Waals surface area contributed by atoms with Crippen LogP contribution < -0.4 is 5.32 Å². The van der Waals surface area contributed by atoms with Crippen LogP contribution in [0.4, 0.5) is 0 Å². The minimum absolute atomic E-state index is 0.0543. The molecule has 144 valence electrons. The van der Waals surface area contributed by atoms with E-state index in [-0.39, 0.29) is 12.3 Å². The van der Waals surface area contributed by atoms with E-state index in [9.17, 15) is 9.59 Å². The second-order valence-corrected chi connectivity index (χ2v) is 7.82. The van der Waals surface area contributed by atoms with Crippen molar-refractivity contribution < 1.29 is 14.7 Å². The smallest absolute Gasteiger partial charge is 0.303 e. The molecule has 2 N–H and O–H groups in total. The van der Waals surface area contributed by atoms with E-state index in [1.54, 1.807) is 12.1 Å². The quantitative estimate of drug-likeness (QED) is 0.747. The third-order valence-corrected chi connectivity index (χ3v) is 5.52. The number of nitrogens with zero attached hydrogens (tertiary/aromatic N) is 2. The molecule has 1 aliphatic carbocycles. The molecule has 0 saturated heterocycles. The van der Waals surface area contributed by atoms with E-state index >= 15 is 0 Å². The molecule has 1 amide bonds. The standard InChI is InChI=1S/C21H27N3O3/c1-14-18(8-9-19(25)26)15(2)24(23-14)17-6-4-16(5-7-17)20(27)22-13-12-21(3)10-11-21/h4-7H,8-13H2,1-3H3,(H,22,27)(H,25,26). The third-order valence-electron chi connectivity index (χ3n) is 5.52. The number of hydrogen-bond donors (Lipinski definition) is 2. The maximum atomic E-state index is 12.3. The zero-order valence-electron chi connectivity index (χ0n) is 16.2. The first-order valence-corrected chi connectivity index (χ1v) is 9.45. The molecule has 6 heteroatoms. The van der Waals surface area contributed by atoms with Gasteiger partial charge < -0.3 is 10.4 Å². The fourth-order valence-electron chi connectivity index (χ4n) is 3.32. The van der Waals surface area contributed by atoms with E-state index in [4.69, 9.17) is 5.11 Å². The predicted octanol–water partition coefficient (Wildman–Crippen LogP) is 3.43. The number of amides is 1. The van der Waals surface area contributed by atoms with Gasteiger partial charge in [0.1, 0.15) is 0 Å². The number of aromatic nitrogens is 2. The minimum Gasteiger partial charge on any atom is -0.481 e. The topological polar surface area (TPSA) is 84.2 Å². The summed E-state index contributed by atoms with van der Waals surface area (Å²) in [6.07, 6.45) is 4.10. The summed E-state index contributed by atoms with van der Waals surface area (Å²) in [5.41, 5.74) is 4.66. The molecular weight excluding hydrogens is 342 g/mol. The van der Waals surface area contributed by atoms with Crippen molar-refractivity contribution in [3.05, 3.63) is 46.8 Å². The zero-order chi connectivity index (χ0) is 19.6. The third kappa shape index (κ3) is 4.56. The van der Waals surface area contributed by atoms with E-state index in [1.807, 2.05) is 30.7 Å². The summed E-state index contributed by atoms with van der Waals surface area (Å²) >= 11 is 0. The maximum Gasteiger partial charge on any atom is 0.303 e. The number of aliphatic carboxylic acids is 1. The molecule has 3 rings (SSSR count). The van der Waals surface area contributed by atoms with Crippen LogP contribution in [0.5, 0.6) is 0 Å². The molecule has 0 radical (unpaired) electrons. The van der Waals surface area contributed by atoms with E-state index in [0.29, 0.717) is 23.9 Å². The Kier molecular flexibility index (Phi) is 5.35. The van der Waals surface area contributed by atoms with Crippen LogP contribution in [-0.2, 0) is 11.2 Å². The van der Waals surface area contributed by atoms with Gasteiger partial charge in [-0.15, -0.1) is 0 Å². The molecule has 1 fully saturated rings. The monoisotopic (exact) mass is 369 g/mol. The van der Waals surface area contributed by atoms with Gasteiger partial charge in [-0.25, -0.2) is 4.68 Å². The summed E-state index contributed by atoms with van der Waals surface area (Å²) in [6.45, 7) is 6.80. The van der Waals surface area contributed by atoms with Gasteiger partial charge in [-0.2, -0.15) is 5.10 Å². The number of carbonyl (C=O) groups is 2. The number of rotatable bonds is 8. The summed E-state index contributed by atoms with van der Waals surface area (Å²) in [5.74, 6) is -0.867. The Labute approximate surface area is 159 Å². The molecule has 0 unspecified atom stereocenters. The number of carboxylic acids is 1. The molecule has 2 aromatic rings. The molecule has 1 heterocycles. The number of nitrogens with one attached hydrogen (secondary N) is 1. The molecule has 27 heavy (non-hydrogen) atoms. The van der Waals surface area contributed by atoms with Crippen LogP contribution in [0, 0.1) is 19.3 Å². The lowest BCUT2D eigenvalue weighted by molar-refractivity contribution is -0.136. The molecule has 0 bridgehead atoms. The first kappa shape index (κ1) is 19.1. The van der Waals surface area contributed by atoms with Gasteiger partial charge in [0, 0.05) is 24.2 Å². The molecule has 0 aliphatic heterocycles. The van der Waals surface area contributed by atoms with Gasteiger partial charge in [-0.1, -0.05) is 6.92 Å². The molecule has 1 aromatic heterocycles. The lowest BCUT2D eigenvalue weighted by Gasteiger charge is -2.10. The van der Waals surface area contributed by atoms with Gasteiger partial charge in [0.25, 0.3) is 5.91 Å². The summed E-state index contributed by atoms with van der Waals surface area (Å²) in [5, 5.41) is 16.4. The second kappa shape index (κ2) is 7.55. The molecule has 1 aliphatic rings. The Bertz CT molecular complexity index is 848. The molecular formula is C21H27N3O3. The number of carboxylic acid groups (broad SMARTS) is 1. The van der Waals surface area contributed by atoms with Crippen molar-refractivity contribution in [2.45, 2.75) is 52.9 Å². The van der Waals surface area contributed by atoms with Crippen molar-refractivity contribution in [3.8, 4) is 5.69 Å². The van der Waals surface area contributed by atoms with Crippen molar-refractivity contribution >= 4 is 11.9 Å². The first-order chi connectivity index (χ1) is 12.8. The highest BCUT2D eigenvalue weighted by Gasteiger charge is 2.36. The van der Waals surface area contributed by atoms with Crippen LogP contribution in [0.3, 0.4) is 0 Å². The van der Waals surface area contributed by atoms with Gasteiger partial charge in [-0.05, 0) is 74.8 Å². The van der Waals surface area contributed by atoms with Gasteiger partial charge in [-0.3, -0.25) is 9.59 Å². The fourth-order valence-corrected chi connectivity index (χ4v) is 3.32. The number of carbonyl (C=O) groups excluding carboxylic acids is 1. The van der Waals surface area contributed by atoms with Gasteiger partial charge >= 0.3 is 5.97 Å². The highest BCUT2D eigenvalue weighted by Crippen LogP contribution is 2.47. The lowest BCUT2D eigenvalue weighted by atomic mass is 10.1. The largest absolute Gasteiger partial charge is 0.481 e. The Morgan fingerprint density at radius 3 is 2.48 bits per heavy atom. The van der Waals surface area contributed by atoms with Crippen LogP contribution in [-0.4, -0.2) is 33.3 Å². The summed E-state index contributed by atoms with van der Waals surface area (Å²) in [4.78, 5) is 23.1. The van der Waals surface area contributed by atoms with E-state index in [1.165, 1.54) is 12.8 Å². The summed E-state index contributed by atoms with van der Waals surface area (Å²) < 4.78 is 1.81. The van der Waals surface area contributed by atoms with E-state index in [0.717, 1.165) is 29.1 Å². The molecule has 0 atom stereocenters. The van der Waals surface area contributed by atoms with Crippen LogP contribution in [0.1, 0.15) is 59.9 Å². The average Bonchev–Trinajstić information content (AvgIpc) is 3.29. The molecule has 1 aromatic carbocycles. The van der Waals surface area contributed by atoms with Crippen LogP contribution in [0.2, 0.25) is 0 Å². The van der Waals surface area contributed by atoms with Crippen LogP contribution >= 0.6 is 0 Å². The van der Waals surface area contributed by atoms with Crippen molar-refractivity contribution in [1.82, 2.24) is 15.1 Å². The van der Waals surface area contributed by atoms with E-state index < -0.39 is 5.97 Å². The Balaban J connectivity index is 1.67. The van der Waals surface area contributed by atoms with Crippen molar-refractivity contribution in [2.75, 3.05) is 6.54 Å². The Morgan fingerprint density at radius 2 is 1.89 bits per heavy atom. The summed E-state index contributed by atoms with van der Waals surface area (Å²) in [7, 11) is 0. The van der Waals surface area contributed by atoms with Gasteiger partial charge in [0.2, 0.25) is 0 Å². The number of aryl methyl sites for hydroxylation is 1. The SMILES string of the molecule is Cc1nn(-c2ccc(C(=O)NCCC3(C)CC3)cc2)c(C)c1CCC(=O)O. The highest BCUT2D eigenvalue weighted by atomic mass is 16.4. The first-order valence-electron chi connectivity index (χ1n) is 9.45. The highest BCUT2D eigenvalue weighted by molar-refractivity contribution is 5.94. The lowest BCUT2D eigenvalue weighted by Crippen LogP contribution is -2.25.